The predicted octanol–water partition coefficient (Wildman–Crippen LogP) is 2.76. The zero-order valence-electron chi connectivity index (χ0n) is 9.66. The lowest BCUT2D eigenvalue weighted by Gasteiger charge is -2.21. The molecule has 2 rings (SSSR count). The van der Waals surface area contributed by atoms with Gasteiger partial charge in [0, 0.05) is 12.6 Å². The Labute approximate surface area is 95.1 Å². The summed E-state index contributed by atoms with van der Waals surface area (Å²) in [7, 11) is 0. The van der Waals surface area contributed by atoms with Gasteiger partial charge in [0.05, 0.1) is 5.56 Å². The van der Waals surface area contributed by atoms with Crippen molar-refractivity contribution in [3.8, 4) is 0 Å². The summed E-state index contributed by atoms with van der Waals surface area (Å²) in [5, 5.41) is 0. The number of aryl methyl sites for hydroxylation is 1. The van der Waals surface area contributed by atoms with E-state index in [0.29, 0.717) is 5.56 Å². The third kappa shape index (κ3) is 1.82. The van der Waals surface area contributed by atoms with Crippen LogP contribution in [0.4, 0.5) is 4.39 Å². The molecule has 0 bridgehead atoms. The smallest absolute Gasteiger partial charge is 0.257 e. The summed E-state index contributed by atoms with van der Waals surface area (Å²) in [6.45, 7) is 4.44. The van der Waals surface area contributed by atoms with E-state index in [2.05, 4.69) is 0 Å². The Morgan fingerprint density at radius 2 is 2.25 bits per heavy atom. The molecular weight excluding hydrogens is 205 g/mol. The summed E-state index contributed by atoms with van der Waals surface area (Å²) < 4.78 is 13.8. The lowest BCUT2D eigenvalue weighted by Crippen LogP contribution is -2.34. The number of hydrogen-bond acceptors (Lipinski definition) is 1. The van der Waals surface area contributed by atoms with Gasteiger partial charge in [-0.3, -0.25) is 4.79 Å². The van der Waals surface area contributed by atoms with Crippen molar-refractivity contribution in [1.29, 1.82) is 0 Å². The Bertz CT molecular complexity index is 416. The molecule has 1 aliphatic rings. The zero-order chi connectivity index (χ0) is 11.7. The van der Waals surface area contributed by atoms with Gasteiger partial charge in [0.2, 0.25) is 0 Å². The van der Waals surface area contributed by atoms with Crippen molar-refractivity contribution in [3.05, 3.63) is 35.1 Å². The van der Waals surface area contributed by atoms with Crippen LogP contribution < -0.4 is 0 Å². The van der Waals surface area contributed by atoms with E-state index in [9.17, 15) is 9.18 Å². The Hall–Kier alpha value is -1.38. The normalized spacial score (nSPS) is 20.2. The molecule has 0 radical (unpaired) electrons. The number of likely N-dealkylation sites (tertiary alicyclic amines) is 1. The molecule has 1 aliphatic heterocycles. The van der Waals surface area contributed by atoms with E-state index in [1.165, 1.54) is 0 Å². The number of halogens is 1. The molecule has 1 unspecified atom stereocenters. The molecule has 1 aromatic carbocycles. The zero-order valence-corrected chi connectivity index (χ0v) is 9.66. The Morgan fingerprint density at radius 3 is 2.88 bits per heavy atom. The summed E-state index contributed by atoms with van der Waals surface area (Å²) >= 11 is 0. The van der Waals surface area contributed by atoms with Gasteiger partial charge in [-0.15, -0.1) is 0 Å². The summed E-state index contributed by atoms with van der Waals surface area (Å²) in [6.07, 6.45) is 2.03. The molecule has 2 nitrogen and oxygen atoms in total. The van der Waals surface area contributed by atoms with Gasteiger partial charge in [0.25, 0.3) is 5.91 Å². The first-order valence-electron chi connectivity index (χ1n) is 5.67. The fraction of sp³-hybridized carbons (Fsp3) is 0.462. The Morgan fingerprint density at radius 1 is 1.50 bits per heavy atom. The first-order valence-corrected chi connectivity index (χ1v) is 5.67. The second-order valence-corrected chi connectivity index (χ2v) is 4.43. The van der Waals surface area contributed by atoms with Crippen LogP contribution in [0.25, 0.3) is 0 Å². The lowest BCUT2D eigenvalue weighted by molar-refractivity contribution is 0.0742. The van der Waals surface area contributed by atoms with Crippen LogP contribution in [0.1, 0.15) is 35.7 Å². The molecule has 0 saturated carbocycles. The van der Waals surface area contributed by atoms with E-state index in [-0.39, 0.29) is 23.3 Å². The molecule has 1 fully saturated rings. The van der Waals surface area contributed by atoms with E-state index < -0.39 is 0 Å². The molecule has 3 heteroatoms. The quantitative estimate of drug-likeness (QED) is 0.714. The van der Waals surface area contributed by atoms with Crippen LogP contribution in [0.3, 0.4) is 0 Å². The van der Waals surface area contributed by atoms with E-state index in [4.69, 9.17) is 0 Å². The van der Waals surface area contributed by atoms with Crippen molar-refractivity contribution < 1.29 is 9.18 Å². The van der Waals surface area contributed by atoms with Crippen LogP contribution in [-0.4, -0.2) is 23.4 Å². The fourth-order valence-corrected chi connectivity index (χ4v) is 2.20. The summed E-state index contributed by atoms with van der Waals surface area (Å²) in [5.41, 5.74) is 0.728. The summed E-state index contributed by atoms with van der Waals surface area (Å²) in [4.78, 5) is 13.9. The highest BCUT2D eigenvalue weighted by atomic mass is 19.1. The highest BCUT2D eigenvalue weighted by Crippen LogP contribution is 2.21. The van der Waals surface area contributed by atoms with Crippen molar-refractivity contribution in [3.63, 3.8) is 0 Å². The molecule has 1 atom stereocenters. The number of carbonyl (C=O) groups is 1. The van der Waals surface area contributed by atoms with Crippen LogP contribution in [-0.2, 0) is 0 Å². The van der Waals surface area contributed by atoms with Gasteiger partial charge < -0.3 is 4.90 Å². The van der Waals surface area contributed by atoms with Crippen LogP contribution in [0.2, 0.25) is 0 Å². The number of hydrogen-bond donors (Lipinski definition) is 0. The molecule has 0 aromatic heterocycles. The van der Waals surface area contributed by atoms with Crippen LogP contribution >= 0.6 is 0 Å². The second kappa shape index (κ2) is 4.24. The van der Waals surface area contributed by atoms with Gasteiger partial charge in [0.15, 0.2) is 0 Å². The van der Waals surface area contributed by atoms with Gasteiger partial charge in [0.1, 0.15) is 5.82 Å². The minimum Gasteiger partial charge on any atom is -0.336 e. The minimum absolute atomic E-state index is 0.175. The Kier molecular flexibility index (Phi) is 2.95. The topological polar surface area (TPSA) is 20.3 Å². The van der Waals surface area contributed by atoms with Gasteiger partial charge in [-0.1, -0.05) is 12.1 Å². The Balaban J connectivity index is 2.30. The highest BCUT2D eigenvalue weighted by molar-refractivity contribution is 5.95. The van der Waals surface area contributed by atoms with Crippen molar-refractivity contribution in [2.45, 2.75) is 32.7 Å². The highest BCUT2D eigenvalue weighted by Gasteiger charge is 2.27. The number of benzene rings is 1. The summed E-state index contributed by atoms with van der Waals surface area (Å²) in [6, 6.07) is 5.20. The second-order valence-electron chi connectivity index (χ2n) is 4.43. The average Bonchev–Trinajstić information content (AvgIpc) is 2.68. The van der Waals surface area contributed by atoms with E-state index in [1.807, 2.05) is 6.92 Å². The third-order valence-corrected chi connectivity index (χ3v) is 3.24. The van der Waals surface area contributed by atoms with Crippen molar-refractivity contribution in [2.75, 3.05) is 6.54 Å². The molecule has 0 spiro atoms. The van der Waals surface area contributed by atoms with E-state index in [1.54, 1.807) is 30.0 Å². The molecule has 1 aromatic rings. The lowest BCUT2D eigenvalue weighted by atomic mass is 10.1. The molecule has 0 aliphatic carbocycles. The predicted molar refractivity (Wildman–Crippen MR) is 60.9 cm³/mol. The molecule has 16 heavy (non-hydrogen) atoms. The van der Waals surface area contributed by atoms with Gasteiger partial charge in [-0.05, 0) is 38.3 Å². The van der Waals surface area contributed by atoms with Crippen LogP contribution in [0.5, 0.6) is 0 Å². The third-order valence-electron chi connectivity index (χ3n) is 3.24. The molecule has 0 N–H and O–H groups in total. The van der Waals surface area contributed by atoms with Crippen molar-refractivity contribution in [2.24, 2.45) is 0 Å². The van der Waals surface area contributed by atoms with Crippen LogP contribution in [0.15, 0.2) is 18.2 Å². The number of amides is 1. The first kappa shape index (κ1) is 11.1. The largest absolute Gasteiger partial charge is 0.336 e. The monoisotopic (exact) mass is 221 g/mol. The SMILES string of the molecule is Cc1cccc(C(=O)N2CCCC2C)c1F. The van der Waals surface area contributed by atoms with Crippen molar-refractivity contribution >= 4 is 5.91 Å². The maximum absolute atomic E-state index is 13.8. The van der Waals surface area contributed by atoms with Gasteiger partial charge >= 0.3 is 0 Å². The number of carbonyl (C=O) groups excluding carboxylic acids is 1. The molecular formula is C13H16FNO. The molecule has 1 heterocycles. The van der Waals surface area contributed by atoms with E-state index >= 15 is 0 Å². The standard InChI is InChI=1S/C13H16FNO/c1-9-5-3-7-11(12(9)14)13(16)15-8-4-6-10(15)2/h3,5,7,10H,4,6,8H2,1-2H3. The minimum atomic E-state index is -0.383. The average molecular weight is 221 g/mol. The maximum Gasteiger partial charge on any atom is 0.257 e. The molecule has 1 amide bonds. The van der Waals surface area contributed by atoms with Crippen molar-refractivity contribution in [1.82, 2.24) is 4.90 Å². The van der Waals surface area contributed by atoms with Crippen LogP contribution in [0, 0.1) is 12.7 Å². The van der Waals surface area contributed by atoms with E-state index in [0.717, 1.165) is 19.4 Å². The first-order chi connectivity index (χ1) is 7.61. The molecule has 1 saturated heterocycles. The van der Waals surface area contributed by atoms with Gasteiger partial charge in [-0.2, -0.15) is 0 Å². The number of nitrogens with zero attached hydrogens (tertiary/aromatic N) is 1. The summed E-state index contributed by atoms with van der Waals surface area (Å²) in [5.74, 6) is -0.558. The molecule has 86 valence electrons. The number of rotatable bonds is 1. The fourth-order valence-electron chi connectivity index (χ4n) is 2.20. The van der Waals surface area contributed by atoms with Gasteiger partial charge in [-0.25, -0.2) is 4.39 Å². The maximum atomic E-state index is 13.8.